The maximum absolute atomic E-state index is 12.0. The van der Waals surface area contributed by atoms with Gasteiger partial charge in [-0.3, -0.25) is 0 Å². The Morgan fingerprint density at radius 2 is 1.73 bits per heavy atom. The van der Waals surface area contributed by atoms with E-state index in [2.05, 4.69) is 10.1 Å². The highest BCUT2D eigenvalue weighted by molar-refractivity contribution is 5.80. The van der Waals surface area contributed by atoms with Crippen molar-refractivity contribution in [3.63, 3.8) is 0 Å². The van der Waals surface area contributed by atoms with Crippen LogP contribution in [0, 0.1) is 0 Å². The molecular weight excluding hydrogens is 300 g/mol. The number of hydrogen-bond donors (Lipinski definition) is 1. The summed E-state index contributed by atoms with van der Waals surface area (Å²) in [5.74, 6) is -1.69. The Labute approximate surface area is 126 Å². The average Bonchev–Trinajstić information content (AvgIpc) is 2.34. The third-order valence-corrected chi connectivity index (χ3v) is 2.34. The molecule has 8 heteroatoms. The van der Waals surface area contributed by atoms with Gasteiger partial charge in [0.05, 0.1) is 12.0 Å². The molecule has 1 aromatic carbocycles. The summed E-state index contributed by atoms with van der Waals surface area (Å²) in [5, 5.41) is 13.3. The summed E-state index contributed by atoms with van der Waals surface area (Å²) >= 11 is 0. The number of amides is 1. The van der Waals surface area contributed by atoms with Crippen LogP contribution < -0.4 is 15.2 Å². The van der Waals surface area contributed by atoms with Crippen LogP contribution in [0.5, 0.6) is 5.75 Å². The number of carbonyl (C=O) groups is 2. The smallest absolute Gasteiger partial charge is 0.408 e. The number of carboxylic acids is 1. The van der Waals surface area contributed by atoms with Crippen LogP contribution >= 0.6 is 0 Å². The van der Waals surface area contributed by atoms with Crippen molar-refractivity contribution in [3.8, 4) is 5.75 Å². The summed E-state index contributed by atoms with van der Waals surface area (Å²) in [6, 6.07) is 3.31. The number of hydrogen-bond acceptors (Lipinski definition) is 5. The Bertz CT molecular complexity index is 525. The fourth-order valence-corrected chi connectivity index (χ4v) is 1.55. The molecule has 1 amide bonds. The van der Waals surface area contributed by atoms with Gasteiger partial charge in [0.25, 0.3) is 0 Å². The first-order valence-electron chi connectivity index (χ1n) is 6.33. The molecule has 0 aliphatic carbocycles. The first-order valence-corrected chi connectivity index (χ1v) is 6.33. The van der Waals surface area contributed by atoms with Crippen LogP contribution in [0.3, 0.4) is 0 Å². The molecule has 0 spiro atoms. The molecule has 122 valence electrons. The van der Waals surface area contributed by atoms with E-state index < -0.39 is 30.3 Å². The number of benzene rings is 1. The monoisotopic (exact) mass is 316 g/mol. The molecule has 1 atom stereocenters. The molecule has 6 nitrogen and oxygen atoms in total. The first kappa shape index (κ1) is 17.7. The molecule has 0 bridgehead atoms. The van der Waals surface area contributed by atoms with Crippen LogP contribution in [-0.2, 0) is 9.53 Å². The SMILES string of the molecule is CC(C)(C)OC(=O)N[C@@H](C(=O)[O-])c1ccc(OC(F)F)cc1. The van der Waals surface area contributed by atoms with E-state index in [1.165, 1.54) is 12.1 Å². The normalized spacial score (nSPS) is 12.6. The minimum atomic E-state index is -2.98. The second-order valence-corrected chi connectivity index (χ2v) is 5.35. The van der Waals surface area contributed by atoms with Crippen LogP contribution in [0.2, 0.25) is 0 Å². The Hall–Kier alpha value is -2.38. The third-order valence-electron chi connectivity index (χ3n) is 2.34. The standard InChI is InChI=1S/C14H17F2NO5/c1-14(2,3)22-13(20)17-10(11(18)19)8-4-6-9(7-5-8)21-12(15)16/h4-7,10,12H,1-3H3,(H,17,20)(H,18,19)/p-1/t10-/m1/s1. The summed E-state index contributed by atoms with van der Waals surface area (Å²) < 4.78 is 33.2. The van der Waals surface area contributed by atoms with Crippen molar-refractivity contribution in [2.24, 2.45) is 0 Å². The lowest BCUT2D eigenvalue weighted by Crippen LogP contribution is -2.43. The summed E-state index contributed by atoms with van der Waals surface area (Å²) in [7, 11) is 0. The predicted octanol–water partition coefficient (Wildman–Crippen LogP) is 1.60. The lowest BCUT2D eigenvalue weighted by molar-refractivity contribution is -0.308. The summed E-state index contributed by atoms with van der Waals surface area (Å²) in [4.78, 5) is 22.7. The predicted molar refractivity (Wildman–Crippen MR) is 70.2 cm³/mol. The van der Waals surface area contributed by atoms with Crippen molar-refractivity contribution in [2.45, 2.75) is 39.0 Å². The fraction of sp³-hybridized carbons (Fsp3) is 0.429. The van der Waals surface area contributed by atoms with Crippen molar-refractivity contribution >= 4 is 12.1 Å². The van der Waals surface area contributed by atoms with Crippen LogP contribution in [-0.4, -0.2) is 24.3 Å². The summed E-state index contributed by atoms with van der Waals surface area (Å²) in [6.07, 6.45) is -0.936. The molecule has 0 saturated heterocycles. The Morgan fingerprint density at radius 3 is 2.14 bits per heavy atom. The molecule has 0 saturated carbocycles. The fourth-order valence-electron chi connectivity index (χ4n) is 1.55. The zero-order chi connectivity index (χ0) is 16.9. The van der Waals surface area contributed by atoms with E-state index in [1.54, 1.807) is 20.8 Å². The van der Waals surface area contributed by atoms with Crippen LogP contribution in [0.1, 0.15) is 32.4 Å². The molecule has 0 unspecified atom stereocenters. The van der Waals surface area contributed by atoms with Crippen LogP contribution in [0.4, 0.5) is 13.6 Å². The molecule has 0 heterocycles. The van der Waals surface area contributed by atoms with Gasteiger partial charge in [0, 0.05) is 0 Å². The minimum Gasteiger partial charge on any atom is -0.548 e. The highest BCUT2D eigenvalue weighted by atomic mass is 19.3. The van der Waals surface area contributed by atoms with Crippen LogP contribution in [0.15, 0.2) is 24.3 Å². The van der Waals surface area contributed by atoms with Gasteiger partial charge in [-0.15, -0.1) is 0 Å². The lowest BCUT2D eigenvalue weighted by atomic mass is 10.1. The molecule has 1 aromatic rings. The number of carboxylic acid groups (broad SMARTS) is 1. The molecule has 0 aliphatic heterocycles. The Balaban J connectivity index is 2.83. The molecule has 1 N–H and O–H groups in total. The number of nitrogens with one attached hydrogen (secondary N) is 1. The molecule has 1 rings (SSSR count). The van der Waals surface area contributed by atoms with Crippen molar-refractivity contribution in [1.82, 2.24) is 5.32 Å². The van der Waals surface area contributed by atoms with Gasteiger partial charge in [0.1, 0.15) is 11.4 Å². The number of ether oxygens (including phenoxy) is 2. The van der Waals surface area contributed by atoms with E-state index in [0.29, 0.717) is 0 Å². The molecule has 22 heavy (non-hydrogen) atoms. The zero-order valence-corrected chi connectivity index (χ0v) is 12.3. The number of halogens is 2. The second kappa shape index (κ2) is 7.06. The van der Waals surface area contributed by atoms with Gasteiger partial charge in [-0.05, 0) is 38.5 Å². The highest BCUT2D eigenvalue weighted by Crippen LogP contribution is 2.20. The van der Waals surface area contributed by atoms with E-state index in [9.17, 15) is 23.5 Å². The topological polar surface area (TPSA) is 87.7 Å². The number of carbonyl (C=O) groups excluding carboxylic acids is 2. The van der Waals surface area contributed by atoms with Gasteiger partial charge < -0.3 is 24.7 Å². The van der Waals surface area contributed by atoms with Gasteiger partial charge in [0.15, 0.2) is 0 Å². The molecule has 0 aromatic heterocycles. The quantitative estimate of drug-likeness (QED) is 0.891. The van der Waals surface area contributed by atoms with E-state index in [0.717, 1.165) is 12.1 Å². The first-order chi connectivity index (χ1) is 10.1. The lowest BCUT2D eigenvalue weighted by Gasteiger charge is -2.24. The number of aliphatic carboxylic acids is 1. The van der Waals surface area contributed by atoms with Gasteiger partial charge in [0.2, 0.25) is 0 Å². The zero-order valence-electron chi connectivity index (χ0n) is 12.3. The second-order valence-electron chi connectivity index (χ2n) is 5.35. The Morgan fingerprint density at radius 1 is 1.18 bits per heavy atom. The van der Waals surface area contributed by atoms with Crippen molar-refractivity contribution < 1.29 is 33.0 Å². The maximum Gasteiger partial charge on any atom is 0.408 e. The number of alkyl carbamates (subject to hydrolysis) is 1. The van der Waals surface area contributed by atoms with Crippen molar-refractivity contribution in [1.29, 1.82) is 0 Å². The van der Waals surface area contributed by atoms with Gasteiger partial charge in [-0.2, -0.15) is 8.78 Å². The van der Waals surface area contributed by atoms with Gasteiger partial charge >= 0.3 is 12.7 Å². The molecule has 0 fully saturated rings. The van der Waals surface area contributed by atoms with Crippen molar-refractivity contribution in [2.75, 3.05) is 0 Å². The minimum absolute atomic E-state index is 0.131. The molecule has 0 aliphatic rings. The number of rotatable bonds is 5. The Kier molecular flexibility index (Phi) is 5.67. The van der Waals surface area contributed by atoms with E-state index >= 15 is 0 Å². The third kappa shape index (κ3) is 5.94. The summed E-state index contributed by atoms with van der Waals surface area (Å²) in [5.41, 5.74) is -0.664. The van der Waals surface area contributed by atoms with Crippen molar-refractivity contribution in [3.05, 3.63) is 29.8 Å². The van der Waals surface area contributed by atoms with E-state index in [4.69, 9.17) is 4.74 Å². The average molecular weight is 316 g/mol. The number of alkyl halides is 2. The van der Waals surface area contributed by atoms with Crippen LogP contribution in [0.25, 0.3) is 0 Å². The summed E-state index contributed by atoms with van der Waals surface area (Å²) in [6.45, 7) is 1.88. The largest absolute Gasteiger partial charge is 0.548 e. The van der Waals surface area contributed by atoms with E-state index in [1.807, 2.05) is 0 Å². The van der Waals surface area contributed by atoms with E-state index in [-0.39, 0.29) is 11.3 Å². The van der Waals surface area contributed by atoms with Gasteiger partial charge in [-0.1, -0.05) is 12.1 Å². The maximum atomic E-state index is 12.0. The molecule has 0 radical (unpaired) electrons. The molecular formula is C14H16F2NO5-. The highest BCUT2D eigenvalue weighted by Gasteiger charge is 2.21. The van der Waals surface area contributed by atoms with Gasteiger partial charge in [-0.25, -0.2) is 4.79 Å².